The predicted octanol–water partition coefficient (Wildman–Crippen LogP) is 1.56. The van der Waals surface area contributed by atoms with E-state index < -0.39 is 5.09 Å². The number of hydrogen-bond donors (Lipinski definition) is 2. The molecule has 0 rings (SSSR count). The first-order chi connectivity index (χ1) is 4.15. The molecule has 0 bridgehead atoms. The van der Waals surface area contributed by atoms with Crippen LogP contribution in [0.3, 0.4) is 0 Å². The summed E-state index contributed by atoms with van der Waals surface area (Å²) in [4.78, 5) is 8.36. The van der Waals surface area contributed by atoms with E-state index in [9.17, 15) is 0 Å². The average molecular weight is 148 g/mol. The van der Waals surface area contributed by atoms with Crippen LogP contribution < -0.4 is 6.15 Å². The fraction of sp³-hybridized carbons (Fsp3) is 0.200. The third kappa shape index (κ3) is 516. The maximum atomic E-state index is 8.36. The summed E-state index contributed by atoms with van der Waals surface area (Å²) in [5.41, 5.74) is 0. The summed E-state index contributed by atoms with van der Waals surface area (Å²) in [6.07, 6.45) is 5.58. The second-order valence-corrected chi connectivity index (χ2v) is 0.999. The topological polar surface area (TPSA) is 98.4 Å². The summed E-state index contributed by atoms with van der Waals surface area (Å²) < 4.78 is 0. The maximum absolute atomic E-state index is 8.36. The van der Waals surface area contributed by atoms with E-state index in [4.69, 9.17) is 15.3 Å². The molecule has 5 heteroatoms. The van der Waals surface area contributed by atoms with E-state index in [0.29, 0.717) is 0 Å². The zero-order valence-electron chi connectivity index (χ0n) is 5.86. The van der Waals surface area contributed by atoms with Crippen LogP contribution in [0.5, 0.6) is 0 Å². The molecule has 0 aliphatic heterocycles. The van der Waals surface area contributed by atoms with Gasteiger partial charge in [0.2, 0.25) is 0 Å². The first kappa shape index (κ1) is 15.9. The molecule has 0 spiro atoms. The fourth-order valence-electron chi connectivity index (χ4n) is 0.136. The van der Waals surface area contributed by atoms with Crippen LogP contribution in [0.2, 0.25) is 0 Å². The van der Waals surface area contributed by atoms with E-state index in [-0.39, 0.29) is 6.15 Å². The van der Waals surface area contributed by atoms with Gasteiger partial charge in [-0.05, 0) is 6.92 Å². The van der Waals surface area contributed by atoms with Crippen LogP contribution in [0, 0.1) is 10.1 Å². The van der Waals surface area contributed by atoms with E-state index >= 15 is 0 Å². The normalized spacial score (nSPS) is 6.90. The van der Waals surface area contributed by atoms with Crippen molar-refractivity contribution in [2.75, 3.05) is 0 Å². The highest BCUT2D eigenvalue weighted by molar-refractivity contribution is 4.94. The van der Waals surface area contributed by atoms with E-state index in [2.05, 4.69) is 6.58 Å². The molecular weight excluding hydrogens is 136 g/mol. The van der Waals surface area contributed by atoms with Crippen LogP contribution in [0.25, 0.3) is 0 Å². The van der Waals surface area contributed by atoms with Gasteiger partial charge in [0.05, 0.1) is 0 Å². The first-order valence-electron chi connectivity index (χ1n) is 2.22. The Hall–Kier alpha value is -1.36. The van der Waals surface area contributed by atoms with Crippen LogP contribution in [-0.4, -0.2) is 10.3 Å². The van der Waals surface area contributed by atoms with E-state index in [1.807, 2.05) is 19.1 Å². The molecule has 0 aromatic carbocycles. The summed E-state index contributed by atoms with van der Waals surface area (Å²) in [5.74, 6) is 0. The van der Waals surface area contributed by atoms with Crippen LogP contribution in [-0.2, 0) is 0 Å². The molecule has 0 aromatic heterocycles. The van der Waals surface area contributed by atoms with Crippen molar-refractivity contribution in [3.63, 3.8) is 0 Å². The van der Waals surface area contributed by atoms with Gasteiger partial charge in [0, 0.05) is 0 Å². The molecule has 0 aliphatic rings. The fourth-order valence-corrected chi connectivity index (χ4v) is 0.136. The Morgan fingerprint density at radius 3 is 2.00 bits per heavy atom. The minimum absolute atomic E-state index is 0. The molecule has 0 saturated heterocycles. The SMILES string of the molecule is C=CC=CC.N.O=[N+]([O-])O. The van der Waals surface area contributed by atoms with Gasteiger partial charge in [-0.15, -0.1) is 10.1 Å². The third-order valence-electron chi connectivity index (χ3n) is 0.329. The second-order valence-electron chi connectivity index (χ2n) is 0.999. The van der Waals surface area contributed by atoms with Crippen LogP contribution >= 0.6 is 0 Å². The molecular formula is C5H12N2O3. The van der Waals surface area contributed by atoms with Crippen molar-refractivity contribution < 1.29 is 10.3 Å². The van der Waals surface area contributed by atoms with Gasteiger partial charge in [-0.2, -0.15) is 0 Å². The maximum Gasteiger partial charge on any atom is 0.291 e. The third-order valence-corrected chi connectivity index (χ3v) is 0.329. The molecule has 0 aromatic rings. The second kappa shape index (κ2) is 15.6. The minimum Gasteiger partial charge on any atom is -0.344 e. The van der Waals surface area contributed by atoms with Crippen molar-refractivity contribution in [1.82, 2.24) is 6.15 Å². The van der Waals surface area contributed by atoms with Gasteiger partial charge in [0.25, 0.3) is 5.09 Å². The molecule has 4 N–H and O–H groups in total. The Morgan fingerprint density at radius 1 is 1.70 bits per heavy atom. The lowest BCUT2D eigenvalue weighted by Gasteiger charge is -1.56. The molecule has 10 heavy (non-hydrogen) atoms. The van der Waals surface area contributed by atoms with Gasteiger partial charge < -0.3 is 11.4 Å². The standard InChI is InChI=1S/C5H8.HNO3.H3N/c1-3-5-4-2;2-1(3)4;/h3-5H,1H2,2H3;(H,2,3,4);1H3. The number of nitrogens with zero attached hydrogens (tertiary/aromatic N) is 1. The molecule has 0 heterocycles. The summed E-state index contributed by atoms with van der Waals surface area (Å²) in [6.45, 7) is 5.42. The summed E-state index contributed by atoms with van der Waals surface area (Å²) in [5, 5.41) is 13.6. The number of rotatable bonds is 1. The lowest BCUT2D eigenvalue weighted by atomic mass is 10.5. The predicted molar refractivity (Wildman–Crippen MR) is 38.8 cm³/mol. The van der Waals surface area contributed by atoms with Gasteiger partial charge in [0.15, 0.2) is 0 Å². The van der Waals surface area contributed by atoms with Crippen LogP contribution in [0.4, 0.5) is 0 Å². The summed E-state index contributed by atoms with van der Waals surface area (Å²) in [7, 11) is 0. The summed E-state index contributed by atoms with van der Waals surface area (Å²) >= 11 is 0. The molecule has 0 atom stereocenters. The Morgan fingerprint density at radius 2 is 2.00 bits per heavy atom. The zero-order chi connectivity index (χ0) is 7.70. The lowest BCUT2D eigenvalue weighted by Crippen LogP contribution is -1.81. The van der Waals surface area contributed by atoms with E-state index in [0.717, 1.165) is 0 Å². The van der Waals surface area contributed by atoms with Crippen molar-refractivity contribution in [2.24, 2.45) is 0 Å². The number of allylic oxidation sites excluding steroid dienone is 3. The van der Waals surface area contributed by atoms with E-state index in [1.165, 1.54) is 0 Å². The van der Waals surface area contributed by atoms with Gasteiger partial charge >= 0.3 is 0 Å². The first-order valence-corrected chi connectivity index (χ1v) is 2.22. The molecule has 5 nitrogen and oxygen atoms in total. The smallest absolute Gasteiger partial charge is 0.291 e. The average Bonchev–Trinajstić information content (AvgIpc) is 1.66. The number of hydrogen-bond acceptors (Lipinski definition) is 3. The van der Waals surface area contributed by atoms with Crippen LogP contribution in [0.15, 0.2) is 24.8 Å². The van der Waals surface area contributed by atoms with Crippen molar-refractivity contribution >= 4 is 0 Å². The summed E-state index contributed by atoms with van der Waals surface area (Å²) in [6, 6.07) is 0. The molecule has 0 fully saturated rings. The molecule has 0 radical (unpaired) electrons. The van der Waals surface area contributed by atoms with Crippen molar-refractivity contribution in [3.05, 3.63) is 34.9 Å². The highest BCUT2D eigenvalue weighted by Gasteiger charge is 1.65. The quantitative estimate of drug-likeness (QED) is 0.335. The molecule has 60 valence electrons. The Labute approximate surface area is 59.4 Å². The Bertz CT molecular complexity index is 107. The zero-order valence-corrected chi connectivity index (χ0v) is 5.86. The molecule has 0 unspecified atom stereocenters. The Kier molecular flexibility index (Phi) is 24.8. The van der Waals surface area contributed by atoms with Crippen molar-refractivity contribution in [1.29, 1.82) is 0 Å². The van der Waals surface area contributed by atoms with Gasteiger partial charge in [0.1, 0.15) is 0 Å². The van der Waals surface area contributed by atoms with Crippen molar-refractivity contribution in [3.8, 4) is 0 Å². The largest absolute Gasteiger partial charge is 0.344 e. The monoisotopic (exact) mass is 148 g/mol. The van der Waals surface area contributed by atoms with Crippen molar-refractivity contribution in [2.45, 2.75) is 6.92 Å². The molecule has 0 saturated carbocycles. The lowest BCUT2D eigenvalue weighted by molar-refractivity contribution is -0.742. The highest BCUT2D eigenvalue weighted by atomic mass is 16.9. The highest BCUT2D eigenvalue weighted by Crippen LogP contribution is 1.64. The van der Waals surface area contributed by atoms with Gasteiger partial charge in [-0.1, -0.05) is 24.8 Å². The van der Waals surface area contributed by atoms with Gasteiger partial charge in [-0.3, -0.25) is 0 Å². The molecule has 0 aliphatic carbocycles. The van der Waals surface area contributed by atoms with E-state index in [1.54, 1.807) is 6.08 Å². The van der Waals surface area contributed by atoms with Crippen LogP contribution in [0.1, 0.15) is 6.92 Å². The molecule has 0 amide bonds. The Balaban J connectivity index is -0.0000000910. The van der Waals surface area contributed by atoms with Gasteiger partial charge in [-0.25, -0.2) is 0 Å². The minimum atomic E-state index is -1.50.